The van der Waals surface area contributed by atoms with Gasteiger partial charge in [0.1, 0.15) is 12.4 Å². The van der Waals surface area contributed by atoms with Gasteiger partial charge < -0.3 is 9.30 Å². The summed E-state index contributed by atoms with van der Waals surface area (Å²) in [6.07, 6.45) is 2.88. The van der Waals surface area contributed by atoms with Crippen molar-refractivity contribution in [2.75, 3.05) is 7.11 Å². The lowest BCUT2D eigenvalue weighted by atomic mass is 10.3. The number of thiazole rings is 1. The van der Waals surface area contributed by atoms with Crippen molar-refractivity contribution in [2.24, 2.45) is 4.99 Å². The van der Waals surface area contributed by atoms with E-state index in [2.05, 4.69) is 9.73 Å². The number of methoxy groups -OCH3 is 1. The number of nitrogens with zero attached hydrogens (tertiary/aromatic N) is 2. The molecular formula is C17H12F2N2O3S2. The van der Waals surface area contributed by atoms with E-state index in [1.165, 1.54) is 29.1 Å². The normalized spacial score (nSPS) is 12.2. The van der Waals surface area contributed by atoms with Gasteiger partial charge in [0.15, 0.2) is 10.6 Å². The second-order valence-electron chi connectivity index (χ2n) is 5.08. The number of amides is 1. The number of carbonyl (C=O) groups excluding carboxylic acids is 2. The molecular weight excluding hydrogens is 382 g/mol. The van der Waals surface area contributed by atoms with Crippen molar-refractivity contribution in [2.45, 2.75) is 6.54 Å². The number of benzene rings is 1. The van der Waals surface area contributed by atoms with E-state index < -0.39 is 23.5 Å². The molecule has 0 fully saturated rings. The summed E-state index contributed by atoms with van der Waals surface area (Å²) >= 11 is 2.37. The van der Waals surface area contributed by atoms with Crippen LogP contribution >= 0.6 is 22.7 Å². The minimum atomic E-state index is -0.844. The molecule has 2 aromatic heterocycles. The van der Waals surface area contributed by atoms with Crippen LogP contribution in [-0.4, -0.2) is 23.6 Å². The molecule has 0 radical (unpaired) electrons. The zero-order chi connectivity index (χ0) is 18.7. The molecule has 0 saturated carbocycles. The van der Waals surface area contributed by atoms with E-state index in [4.69, 9.17) is 0 Å². The van der Waals surface area contributed by atoms with Gasteiger partial charge in [0.2, 0.25) is 0 Å². The molecule has 2 heterocycles. The third-order valence-corrected chi connectivity index (χ3v) is 5.21. The fraction of sp³-hybridized carbons (Fsp3) is 0.118. The van der Waals surface area contributed by atoms with Crippen molar-refractivity contribution in [3.8, 4) is 0 Å². The van der Waals surface area contributed by atoms with Gasteiger partial charge in [-0.3, -0.25) is 9.59 Å². The number of hydrogen-bond donors (Lipinski definition) is 0. The topological polar surface area (TPSA) is 60.7 Å². The van der Waals surface area contributed by atoms with Crippen molar-refractivity contribution in [3.05, 3.63) is 57.0 Å². The third-order valence-electron chi connectivity index (χ3n) is 3.35. The summed E-state index contributed by atoms with van der Waals surface area (Å²) < 4.78 is 33.7. The second-order valence-corrected chi connectivity index (χ2v) is 7.07. The number of esters is 1. The van der Waals surface area contributed by atoms with Crippen LogP contribution in [0.15, 0.2) is 40.7 Å². The fourth-order valence-corrected chi connectivity index (χ4v) is 3.92. The van der Waals surface area contributed by atoms with E-state index in [0.717, 1.165) is 22.3 Å². The van der Waals surface area contributed by atoms with Gasteiger partial charge in [0.25, 0.3) is 5.91 Å². The first-order valence-corrected chi connectivity index (χ1v) is 9.03. The largest absolute Gasteiger partial charge is 0.468 e. The number of carbonyl (C=O) groups is 2. The maximum Gasteiger partial charge on any atom is 0.325 e. The molecule has 3 rings (SSSR count). The van der Waals surface area contributed by atoms with Crippen molar-refractivity contribution in [1.29, 1.82) is 0 Å². The van der Waals surface area contributed by atoms with Gasteiger partial charge in [-0.15, -0.1) is 11.3 Å². The Hall–Kier alpha value is -2.65. The van der Waals surface area contributed by atoms with Crippen molar-refractivity contribution < 1.29 is 23.1 Å². The highest BCUT2D eigenvalue weighted by Gasteiger charge is 2.16. The maximum atomic E-state index is 14.2. The lowest BCUT2D eigenvalue weighted by Crippen LogP contribution is -2.22. The van der Waals surface area contributed by atoms with Gasteiger partial charge in [-0.2, -0.15) is 4.99 Å². The van der Waals surface area contributed by atoms with Crippen LogP contribution in [0.3, 0.4) is 0 Å². The van der Waals surface area contributed by atoms with E-state index in [1.807, 2.05) is 17.5 Å². The number of thiophene rings is 1. The Kier molecular flexibility index (Phi) is 5.38. The average molecular weight is 394 g/mol. The molecule has 1 aromatic carbocycles. The van der Waals surface area contributed by atoms with E-state index in [0.29, 0.717) is 6.07 Å². The number of fused-ring (bicyclic) bond motifs is 1. The summed E-state index contributed by atoms with van der Waals surface area (Å²) in [4.78, 5) is 28.6. The molecule has 1 amide bonds. The van der Waals surface area contributed by atoms with Crippen LogP contribution in [0, 0.1) is 11.6 Å². The molecule has 0 bridgehead atoms. The number of ether oxygens (including phenoxy) is 1. The molecule has 0 unspecified atom stereocenters. The first-order valence-electron chi connectivity index (χ1n) is 7.33. The van der Waals surface area contributed by atoms with Crippen LogP contribution in [0.1, 0.15) is 4.88 Å². The summed E-state index contributed by atoms with van der Waals surface area (Å²) in [5, 5.41) is 1.87. The van der Waals surface area contributed by atoms with Gasteiger partial charge in [-0.25, -0.2) is 8.78 Å². The van der Waals surface area contributed by atoms with Crippen LogP contribution in [-0.2, 0) is 20.9 Å². The third kappa shape index (κ3) is 3.94. The Labute approximate surface area is 154 Å². The van der Waals surface area contributed by atoms with E-state index >= 15 is 0 Å². The molecule has 3 aromatic rings. The number of halogens is 2. The number of hydrogen-bond acceptors (Lipinski definition) is 5. The van der Waals surface area contributed by atoms with Gasteiger partial charge in [0, 0.05) is 17.0 Å². The Morgan fingerprint density at radius 1 is 1.35 bits per heavy atom. The predicted molar refractivity (Wildman–Crippen MR) is 95.7 cm³/mol. The molecule has 134 valence electrons. The van der Waals surface area contributed by atoms with Crippen LogP contribution in [0.5, 0.6) is 0 Å². The van der Waals surface area contributed by atoms with Crippen molar-refractivity contribution >= 4 is 50.8 Å². The molecule has 0 aliphatic heterocycles. The highest BCUT2D eigenvalue weighted by Crippen LogP contribution is 2.22. The summed E-state index contributed by atoms with van der Waals surface area (Å²) in [6.45, 7) is -0.347. The zero-order valence-electron chi connectivity index (χ0n) is 13.4. The molecule has 0 saturated heterocycles. The Balaban J connectivity index is 2.08. The van der Waals surface area contributed by atoms with Crippen molar-refractivity contribution in [1.82, 2.24) is 4.57 Å². The molecule has 0 aliphatic rings. The molecule has 0 aliphatic carbocycles. The van der Waals surface area contributed by atoms with Gasteiger partial charge >= 0.3 is 5.97 Å². The predicted octanol–water partition coefficient (Wildman–Crippen LogP) is 3.36. The highest BCUT2D eigenvalue weighted by atomic mass is 32.1. The first-order chi connectivity index (χ1) is 12.5. The lowest BCUT2D eigenvalue weighted by Gasteiger charge is -2.04. The summed E-state index contributed by atoms with van der Waals surface area (Å²) in [6, 6.07) is 5.52. The highest BCUT2D eigenvalue weighted by molar-refractivity contribution is 7.16. The second kappa shape index (κ2) is 7.71. The Bertz CT molecular complexity index is 1070. The minimum absolute atomic E-state index is 0.00409. The van der Waals surface area contributed by atoms with Crippen LogP contribution < -0.4 is 4.80 Å². The minimum Gasteiger partial charge on any atom is -0.468 e. The molecule has 26 heavy (non-hydrogen) atoms. The molecule has 5 nitrogen and oxygen atoms in total. The zero-order valence-corrected chi connectivity index (χ0v) is 15.1. The van der Waals surface area contributed by atoms with Crippen LogP contribution in [0.25, 0.3) is 16.3 Å². The summed E-state index contributed by atoms with van der Waals surface area (Å²) in [5.74, 6) is -2.82. The average Bonchev–Trinajstić information content (AvgIpc) is 3.21. The Morgan fingerprint density at radius 3 is 2.85 bits per heavy atom. The van der Waals surface area contributed by atoms with E-state index in [-0.39, 0.29) is 21.6 Å². The summed E-state index contributed by atoms with van der Waals surface area (Å²) in [5.41, 5.74) is -0.00409. The quantitative estimate of drug-likeness (QED) is 0.504. The maximum absolute atomic E-state index is 14.2. The van der Waals surface area contributed by atoms with Gasteiger partial charge in [-0.1, -0.05) is 17.4 Å². The smallest absolute Gasteiger partial charge is 0.325 e. The van der Waals surface area contributed by atoms with Crippen LogP contribution in [0.2, 0.25) is 0 Å². The summed E-state index contributed by atoms with van der Waals surface area (Å²) in [7, 11) is 1.19. The monoisotopic (exact) mass is 394 g/mol. The molecule has 0 N–H and O–H groups in total. The fourth-order valence-electron chi connectivity index (χ4n) is 2.23. The van der Waals surface area contributed by atoms with Crippen LogP contribution in [0.4, 0.5) is 8.78 Å². The first kappa shape index (κ1) is 18.2. The van der Waals surface area contributed by atoms with Gasteiger partial charge in [0.05, 0.1) is 17.3 Å². The lowest BCUT2D eigenvalue weighted by molar-refractivity contribution is -0.141. The molecule has 0 spiro atoms. The van der Waals surface area contributed by atoms with E-state index in [9.17, 15) is 18.4 Å². The SMILES string of the molecule is COC(=O)Cn1c(=NC(=O)/C=C/c2cccs2)sc2cc(F)cc(F)c21. The number of aromatic nitrogens is 1. The number of rotatable bonds is 4. The van der Waals surface area contributed by atoms with Crippen molar-refractivity contribution in [3.63, 3.8) is 0 Å². The Morgan fingerprint density at radius 2 is 2.15 bits per heavy atom. The van der Waals surface area contributed by atoms with E-state index in [1.54, 1.807) is 6.08 Å². The molecule has 0 atom stereocenters. The standard InChI is InChI=1S/C17H12F2N2O3S2/c1-24-15(23)9-21-16-12(19)7-10(18)8-13(16)26-17(21)20-14(22)5-4-11-3-2-6-25-11/h2-8H,9H2,1H3/b5-4+,20-17?. The van der Waals surface area contributed by atoms with Gasteiger partial charge in [-0.05, 0) is 23.6 Å². The molecule has 9 heteroatoms.